The first-order chi connectivity index (χ1) is 14.9. The van der Waals surface area contributed by atoms with Gasteiger partial charge < -0.3 is 0 Å². The first-order valence-electron chi connectivity index (χ1n) is 9.35. The molecule has 1 heterocycles. The normalized spacial score (nSPS) is 12.5. The highest BCUT2D eigenvalue weighted by Crippen LogP contribution is 2.35. The summed E-state index contributed by atoms with van der Waals surface area (Å²) in [6.07, 6.45) is 0. The molecule has 1 atom stereocenters. The van der Waals surface area contributed by atoms with Crippen molar-refractivity contribution in [1.82, 2.24) is 9.36 Å². The summed E-state index contributed by atoms with van der Waals surface area (Å²) in [5, 5.41) is 0.0234. The topological polar surface area (TPSA) is 72.0 Å². The Bertz CT molecular complexity index is 1280. The first kappa shape index (κ1) is 21.5. The van der Waals surface area contributed by atoms with E-state index in [1.54, 1.807) is 36.4 Å². The second kappa shape index (κ2) is 9.17. The fourth-order valence-electron chi connectivity index (χ4n) is 2.87. The van der Waals surface area contributed by atoms with Crippen LogP contribution in [-0.4, -0.2) is 17.8 Å². The van der Waals surface area contributed by atoms with E-state index >= 15 is 0 Å². The van der Waals surface area contributed by atoms with Crippen LogP contribution in [0.2, 0.25) is 0 Å². The quantitative estimate of drug-likeness (QED) is 0.335. The van der Waals surface area contributed by atoms with Gasteiger partial charge in [0.05, 0.1) is 10.1 Å². The Kier molecular flexibility index (Phi) is 6.35. The fourth-order valence-corrected chi connectivity index (χ4v) is 5.77. The Hall–Kier alpha value is -2.75. The zero-order valence-corrected chi connectivity index (χ0v) is 18.8. The number of hydrogen-bond acceptors (Lipinski definition) is 6. The van der Waals surface area contributed by atoms with E-state index < -0.39 is 10.0 Å². The SMILES string of the molecule is C[C@@H](Sc1cccc(F)c1)c1nsc(NS(=O)(=O)c2ccc(-c3ccccc3)cc2)n1. The summed E-state index contributed by atoms with van der Waals surface area (Å²) in [4.78, 5) is 5.20. The van der Waals surface area contributed by atoms with Gasteiger partial charge in [0.25, 0.3) is 10.0 Å². The zero-order valence-electron chi connectivity index (χ0n) is 16.4. The molecular formula is C22H18FN3O2S3. The average molecular weight is 472 g/mol. The van der Waals surface area contributed by atoms with Gasteiger partial charge in [-0.1, -0.05) is 48.5 Å². The summed E-state index contributed by atoms with van der Waals surface area (Å²) in [5.74, 6) is 0.173. The highest BCUT2D eigenvalue weighted by atomic mass is 32.2. The maximum Gasteiger partial charge on any atom is 0.263 e. The number of benzene rings is 3. The van der Waals surface area contributed by atoms with Gasteiger partial charge >= 0.3 is 0 Å². The molecule has 0 saturated heterocycles. The number of rotatable bonds is 7. The number of aromatic nitrogens is 2. The number of nitrogens with zero attached hydrogens (tertiary/aromatic N) is 2. The van der Waals surface area contributed by atoms with Crippen LogP contribution in [0.1, 0.15) is 18.0 Å². The van der Waals surface area contributed by atoms with Crippen molar-refractivity contribution in [2.45, 2.75) is 22.0 Å². The molecule has 5 nitrogen and oxygen atoms in total. The number of anilines is 1. The second-order valence-electron chi connectivity index (χ2n) is 6.67. The van der Waals surface area contributed by atoms with Gasteiger partial charge in [0, 0.05) is 16.4 Å². The second-order valence-corrected chi connectivity index (χ2v) is 10.5. The van der Waals surface area contributed by atoms with Gasteiger partial charge in [0.15, 0.2) is 5.82 Å². The van der Waals surface area contributed by atoms with E-state index in [0.717, 1.165) is 27.6 Å². The summed E-state index contributed by atoms with van der Waals surface area (Å²) in [7, 11) is -3.79. The lowest BCUT2D eigenvalue weighted by molar-refractivity contribution is 0.601. The van der Waals surface area contributed by atoms with E-state index in [-0.39, 0.29) is 21.1 Å². The van der Waals surface area contributed by atoms with Crippen molar-refractivity contribution in [3.63, 3.8) is 0 Å². The molecule has 31 heavy (non-hydrogen) atoms. The van der Waals surface area contributed by atoms with Gasteiger partial charge in [0.1, 0.15) is 5.82 Å². The molecule has 158 valence electrons. The lowest BCUT2D eigenvalue weighted by Crippen LogP contribution is -2.12. The van der Waals surface area contributed by atoms with Crippen molar-refractivity contribution in [2.75, 3.05) is 4.72 Å². The molecule has 0 radical (unpaired) electrons. The van der Waals surface area contributed by atoms with Gasteiger partial charge in [-0.2, -0.15) is 4.37 Å². The van der Waals surface area contributed by atoms with Crippen molar-refractivity contribution >= 4 is 38.4 Å². The smallest absolute Gasteiger partial charge is 0.253 e. The molecule has 0 saturated carbocycles. The van der Waals surface area contributed by atoms with Crippen LogP contribution in [0.4, 0.5) is 9.52 Å². The van der Waals surface area contributed by atoms with E-state index in [9.17, 15) is 12.8 Å². The minimum absolute atomic E-state index is 0.145. The molecule has 0 aliphatic carbocycles. The molecule has 0 spiro atoms. The molecule has 3 aromatic carbocycles. The Morgan fingerprint density at radius 1 is 0.968 bits per heavy atom. The van der Waals surface area contributed by atoms with Crippen molar-refractivity contribution in [2.24, 2.45) is 0 Å². The minimum Gasteiger partial charge on any atom is -0.253 e. The predicted molar refractivity (Wildman–Crippen MR) is 123 cm³/mol. The number of nitrogens with one attached hydrogen (secondary N) is 1. The van der Waals surface area contributed by atoms with E-state index in [4.69, 9.17) is 0 Å². The molecule has 9 heteroatoms. The van der Waals surface area contributed by atoms with E-state index in [1.165, 1.54) is 23.9 Å². The van der Waals surface area contributed by atoms with Crippen LogP contribution in [0.3, 0.4) is 0 Å². The predicted octanol–water partition coefficient (Wildman–Crippen LogP) is 6.00. The van der Waals surface area contributed by atoms with E-state index in [0.29, 0.717) is 5.82 Å². The van der Waals surface area contributed by atoms with Gasteiger partial charge in [-0.25, -0.2) is 17.8 Å². The minimum atomic E-state index is -3.79. The van der Waals surface area contributed by atoms with Gasteiger partial charge in [-0.3, -0.25) is 4.72 Å². The maximum atomic E-state index is 13.4. The summed E-state index contributed by atoms with van der Waals surface area (Å²) in [5.41, 5.74) is 1.94. The van der Waals surface area contributed by atoms with Crippen LogP contribution >= 0.6 is 23.3 Å². The molecule has 4 rings (SSSR count). The monoisotopic (exact) mass is 471 g/mol. The van der Waals surface area contributed by atoms with Crippen molar-refractivity contribution < 1.29 is 12.8 Å². The Labute approximate surface area is 188 Å². The van der Waals surface area contributed by atoms with Gasteiger partial charge in [-0.15, -0.1) is 11.8 Å². The number of halogens is 1. The van der Waals surface area contributed by atoms with Crippen LogP contribution in [0.5, 0.6) is 0 Å². The van der Waals surface area contributed by atoms with Crippen molar-refractivity contribution in [3.05, 3.63) is 90.5 Å². The average Bonchev–Trinajstić information content (AvgIpc) is 3.22. The Morgan fingerprint density at radius 2 is 1.68 bits per heavy atom. The number of hydrogen-bond donors (Lipinski definition) is 1. The van der Waals surface area contributed by atoms with Crippen LogP contribution in [0.15, 0.2) is 88.7 Å². The maximum absolute atomic E-state index is 13.4. The van der Waals surface area contributed by atoms with Crippen LogP contribution < -0.4 is 4.72 Å². The molecule has 0 aliphatic heterocycles. The molecule has 0 bridgehead atoms. The van der Waals surface area contributed by atoms with E-state index in [2.05, 4.69) is 14.1 Å². The molecule has 1 N–H and O–H groups in total. The number of sulfonamides is 1. The molecule has 0 fully saturated rings. The molecule has 0 unspecified atom stereocenters. The highest BCUT2D eigenvalue weighted by molar-refractivity contribution is 7.99. The lowest BCUT2D eigenvalue weighted by atomic mass is 10.1. The van der Waals surface area contributed by atoms with E-state index in [1.807, 2.05) is 37.3 Å². The number of thioether (sulfide) groups is 1. The highest BCUT2D eigenvalue weighted by Gasteiger charge is 2.19. The molecule has 4 aromatic rings. The van der Waals surface area contributed by atoms with Crippen molar-refractivity contribution in [1.29, 1.82) is 0 Å². The standard InChI is InChI=1S/C22H18FN3O2S3/c1-15(29-19-9-5-8-18(23)14-19)21-24-22(30-25-21)26-31(27,28)20-12-10-17(11-13-20)16-6-3-2-4-7-16/h2-15H,1H3,(H,24,25,26)/t15-/m1/s1. The molecular weight excluding hydrogens is 453 g/mol. The van der Waals surface area contributed by atoms with Gasteiger partial charge in [0.2, 0.25) is 5.13 Å². The summed E-state index contributed by atoms with van der Waals surface area (Å²) in [6, 6.07) is 22.7. The van der Waals surface area contributed by atoms with Crippen LogP contribution in [0.25, 0.3) is 11.1 Å². The summed E-state index contributed by atoms with van der Waals surface area (Å²) in [6.45, 7) is 1.89. The summed E-state index contributed by atoms with van der Waals surface area (Å²) >= 11 is 2.38. The third kappa shape index (κ3) is 5.30. The Balaban J connectivity index is 1.46. The van der Waals surface area contributed by atoms with Crippen LogP contribution in [-0.2, 0) is 10.0 Å². The fraction of sp³-hybridized carbons (Fsp3) is 0.0909. The largest absolute Gasteiger partial charge is 0.263 e. The molecule has 0 aliphatic rings. The van der Waals surface area contributed by atoms with Crippen molar-refractivity contribution in [3.8, 4) is 11.1 Å². The molecule has 1 aromatic heterocycles. The third-order valence-electron chi connectivity index (χ3n) is 4.41. The third-order valence-corrected chi connectivity index (χ3v) is 7.63. The summed E-state index contributed by atoms with van der Waals surface area (Å²) < 4.78 is 45.6. The van der Waals surface area contributed by atoms with Gasteiger partial charge in [-0.05, 0) is 48.4 Å². The lowest BCUT2D eigenvalue weighted by Gasteiger charge is -2.08. The Morgan fingerprint density at radius 3 is 2.39 bits per heavy atom. The van der Waals surface area contributed by atoms with Crippen LogP contribution in [0, 0.1) is 5.82 Å². The zero-order chi connectivity index (χ0) is 21.8. The first-order valence-corrected chi connectivity index (χ1v) is 12.5. The molecule has 0 amide bonds.